The molecule has 0 aromatic heterocycles. The van der Waals surface area contributed by atoms with Crippen molar-refractivity contribution in [3.8, 4) is 0 Å². The highest BCUT2D eigenvalue weighted by Crippen LogP contribution is 2.12. The minimum atomic E-state index is -0.304. The lowest BCUT2D eigenvalue weighted by molar-refractivity contribution is -0.127. The number of nitrogens with one attached hydrogen (secondary N) is 1. The van der Waals surface area contributed by atoms with Gasteiger partial charge in [-0.05, 0) is 19.8 Å². The van der Waals surface area contributed by atoms with E-state index in [4.69, 9.17) is 11.6 Å². The molecule has 1 amide bonds. The number of alkyl halides is 1. The highest BCUT2D eigenvalue weighted by molar-refractivity contribution is 6.18. The first-order valence-electron chi connectivity index (χ1n) is 4.68. The molecule has 1 N–H and O–H groups in total. The van der Waals surface area contributed by atoms with E-state index in [0.717, 1.165) is 0 Å². The first-order chi connectivity index (χ1) is 5.80. The molecule has 0 aliphatic rings. The lowest BCUT2D eigenvalue weighted by Gasteiger charge is -2.26. The quantitative estimate of drug-likeness (QED) is 0.702. The van der Waals surface area contributed by atoms with Gasteiger partial charge in [0.2, 0.25) is 5.91 Å². The standard InChI is InChI=1S/C10H20ClNO/c1-7(2)8(3)9(13)12-10(4,5)6-11/h7-8H,6H2,1-5H3,(H,12,13). The maximum Gasteiger partial charge on any atom is 0.223 e. The third-order valence-electron chi connectivity index (χ3n) is 2.21. The Morgan fingerprint density at radius 2 is 1.85 bits per heavy atom. The summed E-state index contributed by atoms with van der Waals surface area (Å²) in [6, 6.07) is 0. The molecule has 1 unspecified atom stereocenters. The molecule has 0 aromatic carbocycles. The highest BCUT2D eigenvalue weighted by atomic mass is 35.5. The van der Waals surface area contributed by atoms with Crippen molar-refractivity contribution in [2.24, 2.45) is 11.8 Å². The van der Waals surface area contributed by atoms with Crippen LogP contribution in [-0.2, 0) is 4.79 Å². The summed E-state index contributed by atoms with van der Waals surface area (Å²) in [4.78, 5) is 11.6. The van der Waals surface area contributed by atoms with Gasteiger partial charge in [-0.2, -0.15) is 0 Å². The largest absolute Gasteiger partial charge is 0.350 e. The Labute approximate surface area is 86.0 Å². The number of halogens is 1. The molecule has 78 valence electrons. The zero-order chi connectivity index (χ0) is 10.6. The summed E-state index contributed by atoms with van der Waals surface area (Å²) in [5, 5.41) is 2.92. The van der Waals surface area contributed by atoms with Gasteiger partial charge in [0.25, 0.3) is 0 Å². The second kappa shape index (κ2) is 4.85. The van der Waals surface area contributed by atoms with Gasteiger partial charge in [-0.15, -0.1) is 11.6 Å². The van der Waals surface area contributed by atoms with E-state index < -0.39 is 0 Å². The average molecular weight is 206 g/mol. The molecule has 13 heavy (non-hydrogen) atoms. The van der Waals surface area contributed by atoms with Crippen molar-refractivity contribution in [2.45, 2.75) is 40.2 Å². The molecule has 0 aliphatic carbocycles. The molecule has 0 heterocycles. The van der Waals surface area contributed by atoms with Crippen molar-refractivity contribution < 1.29 is 4.79 Å². The highest BCUT2D eigenvalue weighted by Gasteiger charge is 2.23. The van der Waals surface area contributed by atoms with E-state index in [2.05, 4.69) is 5.32 Å². The van der Waals surface area contributed by atoms with Gasteiger partial charge < -0.3 is 5.32 Å². The summed E-state index contributed by atoms with van der Waals surface area (Å²) in [7, 11) is 0. The van der Waals surface area contributed by atoms with Gasteiger partial charge in [0.05, 0.1) is 0 Å². The Kier molecular flexibility index (Phi) is 4.76. The SMILES string of the molecule is CC(C)C(C)C(=O)NC(C)(C)CCl. The van der Waals surface area contributed by atoms with Crippen molar-refractivity contribution in [2.75, 3.05) is 5.88 Å². The van der Waals surface area contributed by atoms with Crippen molar-refractivity contribution >= 4 is 17.5 Å². The number of amides is 1. The van der Waals surface area contributed by atoms with Gasteiger partial charge in [-0.3, -0.25) is 4.79 Å². The van der Waals surface area contributed by atoms with Crippen LogP contribution in [0, 0.1) is 11.8 Å². The van der Waals surface area contributed by atoms with Crippen LogP contribution in [0.3, 0.4) is 0 Å². The summed E-state index contributed by atoms with van der Waals surface area (Å²) in [6.45, 7) is 9.86. The molecule has 0 aliphatic heterocycles. The number of carbonyl (C=O) groups excluding carboxylic acids is 1. The summed E-state index contributed by atoms with van der Waals surface area (Å²) in [5.41, 5.74) is -0.304. The van der Waals surface area contributed by atoms with E-state index >= 15 is 0 Å². The van der Waals surface area contributed by atoms with Crippen LogP contribution in [0.5, 0.6) is 0 Å². The molecule has 3 heteroatoms. The summed E-state index contributed by atoms with van der Waals surface area (Å²) >= 11 is 5.71. The average Bonchev–Trinajstić information content (AvgIpc) is 2.02. The number of carbonyl (C=O) groups is 1. The number of hydrogen-bond donors (Lipinski definition) is 1. The fourth-order valence-corrected chi connectivity index (χ4v) is 0.850. The zero-order valence-corrected chi connectivity index (χ0v) is 9.90. The maximum absolute atomic E-state index is 11.6. The van der Waals surface area contributed by atoms with Crippen LogP contribution in [0.4, 0.5) is 0 Å². The van der Waals surface area contributed by atoms with Crippen LogP contribution in [0.2, 0.25) is 0 Å². The normalized spacial score (nSPS) is 14.4. The molecule has 0 saturated carbocycles. The van der Waals surface area contributed by atoms with Gasteiger partial charge in [0.15, 0.2) is 0 Å². The summed E-state index contributed by atoms with van der Waals surface area (Å²) < 4.78 is 0. The fourth-order valence-electron chi connectivity index (χ4n) is 0.784. The molecular weight excluding hydrogens is 186 g/mol. The van der Waals surface area contributed by atoms with Crippen molar-refractivity contribution in [1.29, 1.82) is 0 Å². The topological polar surface area (TPSA) is 29.1 Å². The van der Waals surface area contributed by atoms with Crippen LogP contribution in [0.25, 0.3) is 0 Å². The molecule has 0 rings (SSSR count). The lowest BCUT2D eigenvalue weighted by atomic mass is 9.96. The molecule has 1 atom stereocenters. The van der Waals surface area contributed by atoms with Crippen LogP contribution >= 0.6 is 11.6 Å². The summed E-state index contributed by atoms with van der Waals surface area (Å²) in [5.74, 6) is 0.929. The van der Waals surface area contributed by atoms with Gasteiger partial charge in [-0.25, -0.2) is 0 Å². The first-order valence-corrected chi connectivity index (χ1v) is 5.21. The first kappa shape index (κ1) is 12.8. The Balaban J connectivity index is 4.15. The Morgan fingerprint density at radius 3 is 2.15 bits per heavy atom. The minimum absolute atomic E-state index is 0.0440. The third-order valence-corrected chi connectivity index (χ3v) is 2.88. The van der Waals surface area contributed by atoms with E-state index in [1.807, 2.05) is 34.6 Å². The molecular formula is C10H20ClNO. The second-order valence-electron chi connectivity index (χ2n) is 4.54. The molecule has 0 bridgehead atoms. The number of hydrogen-bond acceptors (Lipinski definition) is 1. The number of rotatable bonds is 4. The lowest BCUT2D eigenvalue weighted by Crippen LogP contribution is -2.47. The Bertz CT molecular complexity index is 178. The summed E-state index contributed by atoms with van der Waals surface area (Å²) in [6.07, 6.45) is 0. The van der Waals surface area contributed by atoms with Crippen molar-refractivity contribution in [1.82, 2.24) is 5.32 Å². The molecule has 0 saturated heterocycles. The fraction of sp³-hybridized carbons (Fsp3) is 0.900. The zero-order valence-electron chi connectivity index (χ0n) is 9.15. The third kappa shape index (κ3) is 4.51. The Hall–Kier alpha value is -0.240. The van der Waals surface area contributed by atoms with E-state index in [1.54, 1.807) is 0 Å². The molecule has 0 radical (unpaired) electrons. The Morgan fingerprint density at radius 1 is 1.38 bits per heavy atom. The van der Waals surface area contributed by atoms with E-state index in [9.17, 15) is 4.79 Å². The van der Waals surface area contributed by atoms with Gasteiger partial charge >= 0.3 is 0 Å². The van der Waals surface area contributed by atoms with Crippen molar-refractivity contribution in [3.63, 3.8) is 0 Å². The predicted octanol–water partition coefficient (Wildman–Crippen LogP) is 2.41. The van der Waals surface area contributed by atoms with Crippen molar-refractivity contribution in [3.05, 3.63) is 0 Å². The predicted molar refractivity (Wildman–Crippen MR) is 56.9 cm³/mol. The van der Waals surface area contributed by atoms with Crippen LogP contribution in [0.15, 0.2) is 0 Å². The molecule has 2 nitrogen and oxygen atoms in total. The molecule has 0 fully saturated rings. The van der Waals surface area contributed by atoms with Gasteiger partial charge in [0.1, 0.15) is 0 Å². The van der Waals surface area contributed by atoms with Crippen LogP contribution in [-0.4, -0.2) is 17.3 Å². The van der Waals surface area contributed by atoms with Gasteiger partial charge in [0, 0.05) is 17.3 Å². The smallest absolute Gasteiger partial charge is 0.223 e. The maximum atomic E-state index is 11.6. The van der Waals surface area contributed by atoms with E-state index in [-0.39, 0.29) is 17.4 Å². The van der Waals surface area contributed by atoms with Crippen LogP contribution < -0.4 is 5.32 Å². The minimum Gasteiger partial charge on any atom is -0.350 e. The van der Waals surface area contributed by atoms with E-state index in [0.29, 0.717) is 11.8 Å². The molecule has 0 aromatic rings. The van der Waals surface area contributed by atoms with E-state index in [1.165, 1.54) is 0 Å². The van der Waals surface area contributed by atoms with Crippen LogP contribution in [0.1, 0.15) is 34.6 Å². The monoisotopic (exact) mass is 205 g/mol. The second-order valence-corrected chi connectivity index (χ2v) is 4.81. The van der Waals surface area contributed by atoms with Gasteiger partial charge in [-0.1, -0.05) is 20.8 Å². The molecule has 0 spiro atoms.